The Hall–Kier alpha value is -2.51. The first-order valence-corrected chi connectivity index (χ1v) is 5.88. The zero-order valence-electron chi connectivity index (χ0n) is 10.9. The van der Waals surface area contributed by atoms with Gasteiger partial charge in [-0.2, -0.15) is 13.2 Å². The highest BCUT2D eigenvalue weighted by Crippen LogP contribution is 2.32. The quantitative estimate of drug-likeness (QED) is 0.906. The van der Waals surface area contributed by atoms with Crippen molar-refractivity contribution in [2.24, 2.45) is 0 Å². The second-order valence-corrected chi connectivity index (χ2v) is 4.35. The van der Waals surface area contributed by atoms with Crippen LogP contribution in [0, 0.1) is 6.92 Å². The van der Waals surface area contributed by atoms with Gasteiger partial charge in [-0.25, -0.2) is 4.79 Å². The number of anilines is 1. The molecule has 2 aromatic rings. The Bertz CT molecular complexity index is 665. The molecule has 2 N–H and O–H groups in total. The molecular weight excluding hydrogens is 289 g/mol. The second-order valence-electron chi connectivity index (χ2n) is 4.35. The van der Waals surface area contributed by atoms with Crippen LogP contribution in [0.2, 0.25) is 0 Å². The second kappa shape index (κ2) is 5.47. The van der Waals surface area contributed by atoms with Crippen molar-refractivity contribution < 1.29 is 27.6 Å². The van der Waals surface area contributed by atoms with Crippen LogP contribution in [0.5, 0.6) is 0 Å². The molecule has 0 amide bonds. The summed E-state index contributed by atoms with van der Waals surface area (Å²) in [4.78, 5) is 11.1. The Morgan fingerprint density at radius 1 is 1.38 bits per heavy atom. The van der Waals surface area contributed by atoms with E-state index in [4.69, 9.17) is 9.63 Å². The third-order valence-corrected chi connectivity index (χ3v) is 2.71. The molecule has 1 heterocycles. The van der Waals surface area contributed by atoms with E-state index in [2.05, 4.69) is 10.5 Å². The van der Waals surface area contributed by atoms with Crippen molar-refractivity contribution in [2.75, 3.05) is 5.32 Å². The number of rotatable bonds is 4. The minimum Gasteiger partial charge on any atom is -0.478 e. The number of aromatic nitrogens is 1. The molecule has 0 saturated heterocycles. The average molecular weight is 300 g/mol. The van der Waals surface area contributed by atoms with Gasteiger partial charge in [0.05, 0.1) is 17.7 Å². The number of carboxylic acids is 1. The van der Waals surface area contributed by atoms with E-state index in [1.54, 1.807) is 13.0 Å². The van der Waals surface area contributed by atoms with E-state index in [1.165, 1.54) is 0 Å². The molecular formula is C13H11F3N2O3. The molecule has 21 heavy (non-hydrogen) atoms. The van der Waals surface area contributed by atoms with Gasteiger partial charge < -0.3 is 14.9 Å². The molecule has 0 saturated carbocycles. The fraction of sp³-hybridized carbons (Fsp3) is 0.231. The summed E-state index contributed by atoms with van der Waals surface area (Å²) >= 11 is 0. The van der Waals surface area contributed by atoms with Gasteiger partial charge in [0.2, 0.25) is 0 Å². The SMILES string of the molecule is Cc1cc(CNc2ccc(C(F)(F)F)cc2C(=O)O)no1. The number of nitrogens with one attached hydrogen (secondary N) is 1. The van der Waals surface area contributed by atoms with Crippen molar-refractivity contribution in [3.05, 3.63) is 46.8 Å². The van der Waals surface area contributed by atoms with Crippen LogP contribution in [-0.2, 0) is 12.7 Å². The Morgan fingerprint density at radius 3 is 2.62 bits per heavy atom. The van der Waals surface area contributed by atoms with E-state index in [9.17, 15) is 18.0 Å². The molecule has 0 atom stereocenters. The van der Waals surface area contributed by atoms with Crippen molar-refractivity contribution in [2.45, 2.75) is 19.6 Å². The summed E-state index contributed by atoms with van der Waals surface area (Å²) in [7, 11) is 0. The van der Waals surface area contributed by atoms with E-state index >= 15 is 0 Å². The Morgan fingerprint density at radius 2 is 2.10 bits per heavy atom. The largest absolute Gasteiger partial charge is 0.478 e. The third-order valence-electron chi connectivity index (χ3n) is 2.71. The highest BCUT2D eigenvalue weighted by atomic mass is 19.4. The van der Waals surface area contributed by atoms with Gasteiger partial charge >= 0.3 is 12.1 Å². The van der Waals surface area contributed by atoms with Gasteiger partial charge in [0.15, 0.2) is 0 Å². The number of hydrogen-bond acceptors (Lipinski definition) is 4. The summed E-state index contributed by atoms with van der Waals surface area (Å²) in [5.74, 6) is -0.863. The molecule has 0 fully saturated rings. The number of nitrogens with zero attached hydrogens (tertiary/aromatic N) is 1. The predicted octanol–water partition coefficient (Wildman–Crippen LogP) is 3.31. The summed E-state index contributed by atoms with van der Waals surface area (Å²) in [5.41, 5.74) is -0.868. The molecule has 8 heteroatoms. The lowest BCUT2D eigenvalue weighted by atomic mass is 10.1. The van der Waals surface area contributed by atoms with Gasteiger partial charge in [0.25, 0.3) is 0 Å². The number of alkyl halides is 3. The van der Waals surface area contributed by atoms with Crippen LogP contribution in [0.25, 0.3) is 0 Å². The summed E-state index contributed by atoms with van der Waals surface area (Å²) in [6.45, 7) is 1.83. The Kier molecular flexibility index (Phi) is 3.88. The van der Waals surface area contributed by atoms with Crippen molar-refractivity contribution in [1.29, 1.82) is 0 Å². The van der Waals surface area contributed by atoms with Crippen LogP contribution >= 0.6 is 0 Å². The molecule has 1 aromatic heterocycles. The van der Waals surface area contributed by atoms with Crippen LogP contribution in [0.3, 0.4) is 0 Å². The van der Waals surface area contributed by atoms with E-state index in [0.29, 0.717) is 17.5 Å². The Balaban J connectivity index is 2.24. The summed E-state index contributed by atoms with van der Waals surface area (Å²) < 4.78 is 42.6. The lowest BCUT2D eigenvalue weighted by Crippen LogP contribution is -2.11. The molecule has 0 aliphatic carbocycles. The molecule has 1 aromatic carbocycles. The minimum atomic E-state index is -4.59. The molecule has 0 aliphatic heterocycles. The highest BCUT2D eigenvalue weighted by molar-refractivity contribution is 5.94. The number of benzene rings is 1. The fourth-order valence-corrected chi connectivity index (χ4v) is 1.74. The molecule has 112 valence electrons. The number of carbonyl (C=O) groups is 1. The molecule has 0 spiro atoms. The van der Waals surface area contributed by atoms with Crippen LogP contribution < -0.4 is 5.32 Å². The van der Waals surface area contributed by atoms with Crippen molar-refractivity contribution in [1.82, 2.24) is 5.16 Å². The zero-order chi connectivity index (χ0) is 15.6. The molecule has 0 aliphatic rings. The number of hydrogen-bond donors (Lipinski definition) is 2. The van der Waals surface area contributed by atoms with Crippen LogP contribution in [0.1, 0.15) is 27.4 Å². The van der Waals surface area contributed by atoms with Crippen LogP contribution in [0.4, 0.5) is 18.9 Å². The number of aryl methyl sites for hydroxylation is 1. The number of halogens is 3. The summed E-state index contributed by atoms with van der Waals surface area (Å²) in [5, 5.41) is 15.4. The smallest absolute Gasteiger partial charge is 0.416 e. The lowest BCUT2D eigenvalue weighted by Gasteiger charge is -2.12. The summed E-state index contributed by atoms with van der Waals surface area (Å²) in [6.07, 6.45) is -4.59. The van der Waals surface area contributed by atoms with Gasteiger partial charge in [-0.3, -0.25) is 0 Å². The van der Waals surface area contributed by atoms with Gasteiger partial charge in [0.1, 0.15) is 11.5 Å². The van der Waals surface area contributed by atoms with E-state index in [1.807, 2.05) is 0 Å². The highest BCUT2D eigenvalue weighted by Gasteiger charge is 2.31. The van der Waals surface area contributed by atoms with Crippen molar-refractivity contribution in [3.8, 4) is 0 Å². The first-order chi connectivity index (χ1) is 9.77. The van der Waals surface area contributed by atoms with Gasteiger partial charge in [-0.1, -0.05) is 5.16 Å². The Labute approximate surface area is 117 Å². The van der Waals surface area contributed by atoms with E-state index in [0.717, 1.165) is 12.1 Å². The third kappa shape index (κ3) is 3.53. The van der Waals surface area contributed by atoms with Crippen molar-refractivity contribution >= 4 is 11.7 Å². The number of aromatic carboxylic acids is 1. The average Bonchev–Trinajstić information content (AvgIpc) is 2.80. The topological polar surface area (TPSA) is 75.4 Å². The lowest BCUT2D eigenvalue weighted by molar-refractivity contribution is -0.137. The molecule has 0 radical (unpaired) electrons. The standard InChI is InChI=1S/C13H11F3N2O3/c1-7-4-9(18-21-7)6-17-11-3-2-8(13(14,15)16)5-10(11)12(19)20/h2-5,17H,6H2,1H3,(H,19,20). The fourth-order valence-electron chi connectivity index (χ4n) is 1.74. The van der Waals surface area contributed by atoms with E-state index < -0.39 is 23.3 Å². The van der Waals surface area contributed by atoms with Crippen LogP contribution in [0.15, 0.2) is 28.8 Å². The van der Waals surface area contributed by atoms with Gasteiger partial charge in [0, 0.05) is 11.8 Å². The number of carboxylic acid groups (broad SMARTS) is 1. The maximum Gasteiger partial charge on any atom is 0.416 e. The normalized spacial score (nSPS) is 11.4. The predicted molar refractivity (Wildman–Crippen MR) is 67.0 cm³/mol. The molecule has 2 rings (SSSR count). The first-order valence-electron chi connectivity index (χ1n) is 5.88. The van der Waals surface area contributed by atoms with Crippen molar-refractivity contribution in [3.63, 3.8) is 0 Å². The maximum absolute atomic E-state index is 12.6. The molecule has 0 unspecified atom stereocenters. The first kappa shape index (κ1) is 14.9. The van der Waals surface area contributed by atoms with Crippen LogP contribution in [-0.4, -0.2) is 16.2 Å². The molecule has 0 bridgehead atoms. The maximum atomic E-state index is 12.6. The van der Waals surface area contributed by atoms with Gasteiger partial charge in [-0.15, -0.1) is 0 Å². The monoisotopic (exact) mass is 300 g/mol. The molecule has 5 nitrogen and oxygen atoms in total. The minimum absolute atomic E-state index is 0.0798. The van der Waals surface area contributed by atoms with E-state index in [-0.39, 0.29) is 12.2 Å². The zero-order valence-corrected chi connectivity index (χ0v) is 10.9. The summed E-state index contributed by atoms with van der Waals surface area (Å²) in [6, 6.07) is 4.14. The van der Waals surface area contributed by atoms with Gasteiger partial charge in [-0.05, 0) is 25.1 Å².